The molecule has 0 N–H and O–H groups in total. The first-order chi connectivity index (χ1) is 4.72. The minimum atomic E-state index is 1.23. The van der Waals surface area contributed by atoms with Crippen molar-refractivity contribution in [1.82, 2.24) is 0 Å². The molecule has 0 bridgehead atoms. The van der Waals surface area contributed by atoms with Crippen molar-refractivity contribution in [1.29, 1.82) is 0 Å². The van der Waals surface area contributed by atoms with Gasteiger partial charge in [-0.15, -0.1) is 0 Å². The first-order valence-electron chi connectivity index (χ1n) is 4.01. The molecular formula is C10H18. The zero-order chi connectivity index (χ0) is 7.98. The highest BCUT2D eigenvalue weighted by atomic mass is 14.0. The number of hydrogen-bond donors (Lipinski definition) is 0. The Bertz CT molecular complexity index is 138. The molecule has 0 radical (unpaired) electrons. The lowest BCUT2D eigenvalue weighted by atomic mass is 10.1. The molecule has 0 rings (SSSR count). The second kappa shape index (κ2) is 5.28. The third kappa shape index (κ3) is 3.49. The summed E-state index contributed by atoms with van der Waals surface area (Å²) in [5.41, 5.74) is 2.94. The Morgan fingerprint density at radius 1 is 1.30 bits per heavy atom. The fourth-order valence-electron chi connectivity index (χ4n) is 0.964. The molecule has 0 nitrogen and oxygen atoms in total. The van der Waals surface area contributed by atoms with Crippen LogP contribution < -0.4 is 0 Å². The van der Waals surface area contributed by atoms with Crippen LogP contribution in [0.3, 0.4) is 0 Å². The zero-order valence-electron chi connectivity index (χ0n) is 7.57. The maximum atomic E-state index is 2.21. The molecule has 0 heterocycles. The van der Waals surface area contributed by atoms with Crippen molar-refractivity contribution in [3.63, 3.8) is 0 Å². The summed E-state index contributed by atoms with van der Waals surface area (Å²) in [7, 11) is 0. The molecule has 10 heavy (non-hydrogen) atoms. The average molecular weight is 138 g/mol. The van der Waals surface area contributed by atoms with Crippen LogP contribution in [0.4, 0.5) is 0 Å². The van der Waals surface area contributed by atoms with Crippen molar-refractivity contribution in [2.24, 2.45) is 0 Å². The quantitative estimate of drug-likeness (QED) is 0.522. The lowest BCUT2D eigenvalue weighted by molar-refractivity contribution is 0.895. The summed E-state index contributed by atoms with van der Waals surface area (Å²) in [4.78, 5) is 0. The molecule has 0 spiro atoms. The van der Waals surface area contributed by atoms with Gasteiger partial charge in [-0.25, -0.2) is 0 Å². The van der Waals surface area contributed by atoms with Crippen LogP contribution in [-0.4, -0.2) is 0 Å². The van der Waals surface area contributed by atoms with Gasteiger partial charge in [0.15, 0.2) is 0 Å². The van der Waals surface area contributed by atoms with E-state index < -0.39 is 0 Å². The smallest absolute Gasteiger partial charge is 0.0320 e. The Morgan fingerprint density at radius 2 is 1.90 bits per heavy atom. The van der Waals surface area contributed by atoms with Gasteiger partial charge in [-0.05, 0) is 27.2 Å². The summed E-state index contributed by atoms with van der Waals surface area (Å²) in [5.74, 6) is 0. The van der Waals surface area contributed by atoms with Crippen LogP contribution in [0.5, 0.6) is 0 Å². The number of rotatable bonds is 3. The predicted octanol–water partition coefficient (Wildman–Crippen LogP) is 3.70. The minimum Gasteiger partial charge on any atom is -0.0874 e. The van der Waals surface area contributed by atoms with E-state index in [-0.39, 0.29) is 0 Å². The Labute approximate surface area is 64.6 Å². The summed E-state index contributed by atoms with van der Waals surface area (Å²) in [5, 5.41) is 0. The highest BCUT2D eigenvalue weighted by molar-refractivity contribution is 5.21. The van der Waals surface area contributed by atoms with Crippen LogP contribution in [0.1, 0.15) is 40.5 Å². The van der Waals surface area contributed by atoms with E-state index in [0.717, 1.165) is 0 Å². The normalized spacial score (nSPS) is 14.0. The molecule has 0 aliphatic rings. The largest absolute Gasteiger partial charge is 0.0874 e. The van der Waals surface area contributed by atoms with Gasteiger partial charge in [0.2, 0.25) is 0 Å². The lowest BCUT2D eigenvalue weighted by Gasteiger charge is -2.00. The fraction of sp³-hybridized carbons (Fsp3) is 0.600. The number of hydrogen-bond acceptors (Lipinski definition) is 0. The van der Waals surface area contributed by atoms with Gasteiger partial charge in [0.25, 0.3) is 0 Å². The summed E-state index contributed by atoms with van der Waals surface area (Å²) in [6.07, 6.45) is 6.75. The summed E-state index contributed by atoms with van der Waals surface area (Å²) in [6.45, 7) is 8.65. The van der Waals surface area contributed by atoms with Crippen molar-refractivity contribution < 1.29 is 0 Å². The molecule has 0 saturated heterocycles. The third-order valence-corrected chi connectivity index (χ3v) is 1.71. The van der Waals surface area contributed by atoms with Crippen LogP contribution in [-0.2, 0) is 0 Å². The van der Waals surface area contributed by atoms with Crippen LogP contribution in [0.15, 0.2) is 23.3 Å². The molecule has 0 aromatic heterocycles. The van der Waals surface area contributed by atoms with Crippen LogP contribution in [0.2, 0.25) is 0 Å². The molecule has 0 fully saturated rings. The van der Waals surface area contributed by atoms with Gasteiger partial charge in [0, 0.05) is 0 Å². The maximum Gasteiger partial charge on any atom is -0.0320 e. The summed E-state index contributed by atoms with van der Waals surface area (Å²) < 4.78 is 0. The SMILES string of the molecule is C/C=C\C(C)=C(/C)CCC. The van der Waals surface area contributed by atoms with Crippen molar-refractivity contribution in [2.75, 3.05) is 0 Å². The summed E-state index contributed by atoms with van der Waals surface area (Å²) >= 11 is 0. The Morgan fingerprint density at radius 3 is 2.30 bits per heavy atom. The van der Waals surface area contributed by atoms with E-state index in [2.05, 4.69) is 39.8 Å². The molecule has 0 amide bonds. The van der Waals surface area contributed by atoms with Gasteiger partial charge >= 0.3 is 0 Å². The molecule has 0 aliphatic carbocycles. The van der Waals surface area contributed by atoms with E-state index in [4.69, 9.17) is 0 Å². The van der Waals surface area contributed by atoms with Gasteiger partial charge in [-0.3, -0.25) is 0 Å². The van der Waals surface area contributed by atoms with Gasteiger partial charge in [0.1, 0.15) is 0 Å². The van der Waals surface area contributed by atoms with E-state index in [1.807, 2.05) is 0 Å². The van der Waals surface area contributed by atoms with Crippen molar-refractivity contribution in [3.05, 3.63) is 23.3 Å². The molecule has 0 unspecified atom stereocenters. The van der Waals surface area contributed by atoms with E-state index >= 15 is 0 Å². The molecule has 0 atom stereocenters. The second-order valence-electron chi connectivity index (χ2n) is 2.71. The van der Waals surface area contributed by atoms with Gasteiger partial charge in [-0.1, -0.05) is 36.6 Å². The van der Waals surface area contributed by atoms with E-state index in [9.17, 15) is 0 Å². The first-order valence-corrected chi connectivity index (χ1v) is 4.01. The predicted molar refractivity (Wildman–Crippen MR) is 48.1 cm³/mol. The van der Waals surface area contributed by atoms with Gasteiger partial charge in [-0.2, -0.15) is 0 Å². The molecule has 0 aromatic rings. The van der Waals surface area contributed by atoms with Crippen molar-refractivity contribution in [3.8, 4) is 0 Å². The molecule has 0 aromatic carbocycles. The minimum absolute atomic E-state index is 1.23. The number of allylic oxidation sites excluding steroid dienone is 4. The van der Waals surface area contributed by atoms with E-state index in [1.165, 1.54) is 24.0 Å². The molecule has 0 saturated carbocycles. The third-order valence-electron chi connectivity index (χ3n) is 1.71. The zero-order valence-corrected chi connectivity index (χ0v) is 7.57. The van der Waals surface area contributed by atoms with E-state index in [1.54, 1.807) is 0 Å². The Hall–Kier alpha value is -0.520. The van der Waals surface area contributed by atoms with Crippen molar-refractivity contribution in [2.45, 2.75) is 40.5 Å². The lowest BCUT2D eigenvalue weighted by Crippen LogP contribution is -1.79. The molecular weight excluding hydrogens is 120 g/mol. The van der Waals surface area contributed by atoms with Crippen LogP contribution in [0.25, 0.3) is 0 Å². The van der Waals surface area contributed by atoms with Crippen LogP contribution >= 0.6 is 0 Å². The topological polar surface area (TPSA) is 0 Å². The van der Waals surface area contributed by atoms with Gasteiger partial charge in [0.05, 0.1) is 0 Å². The van der Waals surface area contributed by atoms with Crippen molar-refractivity contribution >= 4 is 0 Å². The van der Waals surface area contributed by atoms with Gasteiger partial charge < -0.3 is 0 Å². The standard InChI is InChI=1S/C10H18/c1-5-7-9(3)10(4)8-6-2/h5,7H,6,8H2,1-4H3/b7-5-,10-9+. The highest BCUT2D eigenvalue weighted by Gasteiger charge is 1.89. The monoisotopic (exact) mass is 138 g/mol. The van der Waals surface area contributed by atoms with E-state index in [0.29, 0.717) is 0 Å². The maximum absolute atomic E-state index is 2.21. The average Bonchev–Trinajstić information content (AvgIpc) is 1.89. The molecule has 0 heteroatoms. The molecule has 0 aliphatic heterocycles. The Balaban J connectivity index is 4.04. The molecule has 58 valence electrons. The summed E-state index contributed by atoms with van der Waals surface area (Å²) in [6, 6.07) is 0. The second-order valence-corrected chi connectivity index (χ2v) is 2.71. The Kier molecular flexibility index (Phi) is 5.00. The van der Waals surface area contributed by atoms with Crippen LogP contribution in [0, 0.1) is 0 Å². The fourth-order valence-corrected chi connectivity index (χ4v) is 0.964. The highest BCUT2D eigenvalue weighted by Crippen LogP contribution is 2.10. The first kappa shape index (κ1) is 9.48.